The zero-order chi connectivity index (χ0) is 15.2. The Morgan fingerprint density at radius 2 is 2.15 bits per heavy atom. The van der Waals surface area contributed by atoms with Crippen LogP contribution in [-0.4, -0.2) is 33.6 Å². The Kier molecular flexibility index (Phi) is 6.81. The summed E-state index contributed by atoms with van der Waals surface area (Å²) in [6.07, 6.45) is 2.69. The number of ether oxygens (including phenoxy) is 1. The first-order valence-corrected chi connectivity index (χ1v) is 9.24. The van der Waals surface area contributed by atoms with Crippen molar-refractivity contribution in [1.82, 2.24) is 4.72 Å². The Morgan fingerprint density at radius 3 is 2.65 bits per heavy atom. The quantitative estimate of drug-likeness (QED) is 0.760. The van der Waals surface area contributed by atoms with Crippen molar-refractivity contribution < 1.29 is 13.2 Å². The maximum absolute atomic E-state index is 12.4. The molecule has 0 aliphatic heterocycles. The van der Waals surface area contributed by atoms with E-state index in [0.717, 1.165) is 17.7 Å². The minimum atomic E-state index is -3.59. The lowest BCUT2D eigenvalue weighted by atomic mass is 10.2. The van der Waals surface area contributed by atoms with E-state index in [0.29, 0.717) is 12.3 Å². The van der Waals surface area contributed by atoms with Gasteiger partial charge in [-0.2, -0.15) is 11.8 Å². The molecule has 0 saturated carbocycles. The number of benzene rings is 1. The van der Waals surface area contributed by atoms with Gasteiger partial charge in [-0.1, -0.05) is 13.0 Å². The summed E-state index contributed by atoms with van der Waals surface area (Å²) in [5, 5.41) is 0. The molecule has 0 amide bonds. The molecule has 0 radical (unpaired) electrons. The molecule has 0 aliphatic rings. The van der Waals surface area contributed by atoms with E-state index >= 15 is 0 Å². The van der Waals surface area contributed by atoms with Gasteiger partial charge in [-0.25, -0.2) is 13.1 Å². The van der Waals surface area contributed by atoms with Crippen LogP contribution in [-0.2, 0) is 16.6 Å². The van der Waals surface area contributed by atoms with Crippen molar-refractivity contribution in [3.8, 4) is 5.75 Å². The van der Waals surface area contributed by atoms with Gasteiger partial charge in [-0.05, 0) is 30.4 Å². The van der Waals surface area contributed by atoms with Crippen molar-refractivity contribution in [3.63, 3.8) is 0 Å². The van der Waals surface area contributed by atoms with Crippen molar-refractivity contribution in [2.75, 3.05) is 19.1 Å². The van der Waals surface area contributed by atoms with Gasteiger partial charge in [0.1, 0.15) is 10.6 Å². The van der Waals surface area contributed by atoms with E-state index in [4.69, 9.17) is 10.5 Å². The fraction of sp³-hybridized carbons (Fsp3) is 0.538. The monoisotopic (exact) mass is 318 g/mol. The number of hydrogen-bond donors (Lipinski definition) is 2. The molecule has 0 fully saturated rings. The maximum atomic E-state index is 12.4. The number of sulfonamides is 1. The lowest BCUT2D eigenvalue weighted by molar-refractivity contribution is 0.401. The third-order valence-electron chi connectivity index (χ3n) is 2.94. The lowest BCUT2D eigenvalue weighted by Gasteiger charge is -2.17. The van der Waals surface area contributed by atoms with Crippen molar-refractivity contribution in [1.29, 1.82) is 0 Å². The van der Waals surface area contributed by atoms with Gasteiger partial charge in [0.25, 0.3) is 0 Å². The highest BCUT2D eigenvalue weighted by atomic mass is 32.2. The smallest absolute Gasteiger partial charge is 0.244 e. The van der Waals surface area contributed by atoms with Crippen molar-refractivity contribution >= 4 is 21.8 Å². The highest BCUT2D eigenvalue weighted by Crippen LogP contribution is 2.25. The molecule has 1 aromatic carbocycles. The topological polar surface area (TPSA) is 81.4 Å². The fourth-order valence-electron chi connectivity index (χ4n) is 1.78. The Balaban J connectivity index is 3.08. The molecule has 20 heavy (non-hydrogen) atoms. The Labute approximate surface area is 125 Å². The zero-order valence-electron chi connectivity index (χ0n) is 12.0. The summed E-state index contributed by atoms with van der Waals surface area (Å²) in [4.78, 5) is 0.150. The Morgan fingerprint density at radius 1 is 1.45 bits per heavy atom. The molecule has 1 rings (SSSR count). The zero-order valence-corrected chi connectivity index (χ0v) is 13.7. The number of nitrogens with two attached hydrogens (primary N) is 1. The first-order valence-electron chi connectivity index (χ1n) is 6.36. The molecule has 0 bridgehead atoms. The van der Waals surface area contributed by atoms with Crippen molar-refractivity contribution in [2.45, 2.75) is 30.8 Å². The number of thioether (sulfide) groups is 1. The first-order chi connectivity index (χ1) is 9.48. The summed E-state index contributed by atoms with van der Waals surface area (Å²) in [6, 6.07) is 4.81. The minimum absolute atomic E-state index is 0.0890. The highest BCUT2D eigenvalue weighted by Gasteiger charge is 2.22. The lowest BCUT2D eigenvalue weighted by Crippen LogP contribution is -2.36. The summed E-state index contributed by atoms with van der Waals surface area (Å²) in [6.45, 7) is 2.30. The molecule has 3 N–H and O–H groups in total. The van der Waals surface area contributed by atoms with E-state index in [1.165, 1.54) is 13.2 Å². The van der Waals surface area contributed by atoms with E-state index < -0.39 is 10.0 Å². The van der Waals surface area contributed by atoms with Crippen molar-refractivity contribution in [3.05, 3.63) is 23.8 Å². The van der Waals surface area contributed by atoms with E-state index in [1.54, 1.807) is 23.9 Å². The molecule has 114 valence electrons. The van der Waals surface area contributed by atoms with E-state index in [-0.39, 0.29) is 10.9 Å². The van der Waals surface area contributed by atoms with Crippen LogP contribution >= 0.6 is 11.8 Å². The van der Waals surface area contributed by atoms with Gasteiger partial charge < -0.3 is 10.5 Å². The van der Waals surface area contributed by atoms with Gasteiger partial charge in [-0.3, -0.25) is 0 Å². The van der Waals surface area contributed by atoms with Gasteiger partial charge in [-0.15, -0.1) is 0 Å². The average Bonchev–Trinajstić information content (AvgIpc) is 2.45. The van der Waals surface area contributed by atoms with Crippen LogP contribution in [0.3, 0.4) is 0 Å². The van der Waals surface area contributed by atoms with Gasteiger partial charge >= 0.3 is 0 Å². The van der Waals surface area contributed by atoms with Crippen LogP contribution in [0.4, 0.5) is 0 Å². The standard InChI is InChI=1S/C13H22N2O3S2/c1-4-11(9-19-3)15-20(16,17)13-6-5-10(8-14)7-12(13)18-2/h5-7,11,15H,4,8-9,14H2,1-3H3. The van der Waals surface area contributed by atoms with E-state index in [2.05, 4.69) is 4.72 Å². The van der Waals surface area contributed by atoms with Crippen LogP contribution in [0.5, 0.6) is 5.75 Å². The third kappa shape index (κ3) is 4.37. The van der Waals surface area contributed by atoms with E-state index in [1.807, 2.05) is 13.2 Å². The summed E-state index contributed by atoms with van der Waals surface area (Å²) in [7, 11) is -2.14. The second kappa shape index (κ2) is 7.87. The fourth-order valence-corrected chi connectivity index (χ4v) is 4.08. The molecular weight excluding hydrogens is 296 g/mol. The molecule has 1 unspecified atom stereocenters. The van der Waals surface area contributed by atoms with E-state index in [9.17, 15) is 8.42 Å². The summed E-state index contributed by atoms with van der Waals surface area (Å²) in [5.74, 6) is 1.05. The molecule has 0 heterocycles. The molecule has 7 heteroatoms. The summed E-state index contributed by atoms with van der Waals surface area (Å²) in [5.41, 5.74) is 6.38. The normalized spacial score (nSPS) is 13.2. The maximum Gasteiger partial charge on any atom is 0.244 e. The largest absolute Gasteiger partial charge is 0.495 e. The molecule has 0 saturated heterocycles. The SMILES string of the molecule is CCC(CSC)NS(=O)(=O)c1ccc(CN)cc1OC. The van der Waals surface area contributed by atoms with Gasteiger partial charge in [0, 0.05) is 18.3 Å². The Bertz CT molecular complexity index is 532. The number of nitrogens with one attached hydrogen (secondary N) is 1. The van der Waals surface area contributed by atoms with Crippen LogP contribution in [0.1, 0.15) is 18.9 Å². The first kappa shape index (κ1) is 17.3. The molecule has 0 spiro atoms. The third-order valence-corrected chi connectivity index (χ3v) is 5.23. The van der Waals surface area contributed by atoms with Crippen LogP contribution < -0.4 is 15.2 Å². The molecular formula is C13H22N2O3S2. The molecule has 0 aliphatic carbocycles. The molecule has 1 atom stereocenters. The van der Waals surface area contributed by atoms with Crippen LogP contribution in [0, 0.1) is 0 Å². The molecule has 0 aromatic heterocycles. The van der Waals surface area contributed by atoms with Gasteiger partial charge in [0.2, 0.25) is 10.0 Å². The van der Waals surface area contributed by atoms with Gasteiger partial charge in [0.15, 0.2) is 0 Å². The average molecular weight is 318 g/mol. The van der Waals surface area contributed by atoms with Gasteiger partial charge in [0.05, 0.1) is 7.11 Å². The van der Waals surface area contributed by atoms with Crippen molar-refractivity contribution in [2.24, 2.45) is 5.73 Å². The predicted octanol–water partition coefficient (Wildman–Crippen LogP) is 1.57. The van der Waals surface area contributed by atoms with Crippen LogP contribution in [0.2, 0.25) is 0 Å². The number of rotatable bonds is 8. The van der Waals surface area contributed by atoms with Crippen LogP contribution in [0.25, 0.3) is 0 Å². The molecule has 5 nitrogen and oxygen atoms in total. The summed E-state index contributed by atoms with van der Waals surface area (Å²) < 4.78 is 32.7. The molecule has 1 aromatic rings. The number of hydrogen-bond acceptors (Lipinski definition) is 5. The highest BCUT2D eigenvalue weighted by molar-refractivity contribution is 7.98. The van der Waals surface area contributed by atoms with Crippen LogP contribution in [0.15, 0.2) is 23.1 Å². The second-order valence-corrected chi connectivity index (χ2v) is 6.96. The Hall–Kier alpha value is -0.760. The number of methoxy groups -OCH3 is 1. The second-order valence-electron chi connectivity index (χ2n) is 4.37. The summed E-state index contributed by atoms with van der Waals surface area (Å²) >= 11 is 1.61. The predicted molar refractivity (Wildman–Crippen MR) is 83.7 cm³/mol. The minimum Gasteiger partial charge on any atom is -0.495 e.